The number of hydrogen-bond acceptors (Lipinski definition) is 5. The maximum absolute atomic E-state index is 5.01. The zero-order chi connectivity index (χ0) is 13.7. The first-order valence-corrected chi connectivity index (χ1v) is 8.04. The predicted octanol–water partition coefficient (Wildman–Crippen LogP) is 3.53. The summed E-state index contributed by atoms with van der Waals surface area (Å²) in [6, 6.07) is 0. The Hall–Kier alpha value is -0.680. The topological polar surface area (TPSA) is 47.0 Å². The van der Waals surface area contributed by atoms with E-state index in [4.69, 9.17) is 4.74 Å². The molecule has 19 heavy (non-hydrogen) atoms. The second kappa shape index (κ2) is 7.20. The molecule has 4 nitrogen and oxygen atoms in total. The molecule has 0 bridgehead atoms. The monoisotopic (exact) mass is 283 g/mol. The average molecular weight is 283 g/mol. The summed E-state index contributed by atoms with van der Waals surface area (Å²) in [5.74, 6) is 3.33. The van der Waals surface area contributed by atoms with Crippen molar-refractivity contribution in [3.05, 3.63) is 5.82 Å². The van der Waals surface area contributed by atoms with Crippen LogP contribution in [0.5, 0.6) is 0 Å². The van der Waals surface area contributed by atoms with Crippen LogP contribution in [0.15, 0.2) is 0 Å². The summed E-state index contributed by atoms with van der Waals surface area (Å²) in [5, 5.41) is 4.18. The van der Waals surface area contributed by atoms with E-state index in [9.17, 15) is 0 Å². The van der Waals surface area contributed by atoms with Crippen molar-refractivity contribution in [2.45, 2.75) is 45.4 Å². The first-order chi connectivity index (χ1) is 9.20. The molecule has 1 saturated carbocycles. The maximum atomic E-state index is 5.01. The van der Waals surface area contributed by atoms with Gasteiger partial charge in [0, 0.05) is 31.1 Å². The van der Waals surface area contributed by atoms with Gasteiger partial charge in [-0.1, -0.05) is 13.8 Å². The van der Waals surface area contributed by atoms with Gasteiger partial charge in [-0.3, -0.25) is 0 Å². The molecule has 0 unspecified atom stereocenters. The Morgan fingerprint density at radius 2 is 2.05 bits per heavy atom. The summed E-state index contributed by atoms with van der Waals surface area (Å²) >= 11 is 1.47. The van der Waals surface area contributed by atoms with E-state index >= 15 is 0 Å². The Kier molecular flexibility index (Phi) is 5.58. The number of aromatic nitrogens is 2. The van der Waals surface area contributed by atoms with Crippen LogP contribution in [0.3, 0.4) is 0 Å². The highest BCUT2D eigenvalue weighted by Crippen LogP contribution is 2.38. The first kappa shape index (κ1) is 14.7. The fourth-order valence-corrected chi connectivity index (χ4v) is 3.45. The molecule has 2 rings (SSSR count). The zero-order valence-electron chi connectivity index (χ0n) is 12.2. The minimum Gasteiger partial charge on any atom is -0.383 e. The molecule has 0 aromatic carbocycles. The maximum Gasteiger partial charge on any atom is 0.202 e. The van der Waals surface area contributed by atoms with E-state index in [0.717, 1.165) is 29.3 Å². The second-order valence-electron chi connectivity index (χ2n) is 5.73. The standard InChI is InChI=1S/C14H25N3OS/c1-10(2)11-4-6-12(7-5-11)13-16-14(19-17-13)15-8-9-18-3/h10-12H,4-9H2,1-3H3,(H,15,16,17). The van der Waals surface area contributed by atoms with Gasteiger partial charge in [0.25, 0.3) is 0 Å². The van der Waals surface area contributed by atoms with E-state index < -0.39 is 0 Å². The third-order valence-electron chi connectivity index (χ3n) is 4.10. The van der Waals surface area contributed by atoms with Crippen LogP contribution in [0, 0.1) is 11.8 Å². The normalized spacial score (nSPS) is 23.8. The molecule has 108 valence electrons. The number of nitrogens with zero attached hydrogens (tertiary/aromatic N) is 2. The van der Waals surface area contributed by atoms with Crippen LogP contribution >= 0.6 is 11.5 Å². The van der Waals surface area contributed by atoms with Gasteiger partial charge in [-0.05, 0) is 37.5 Å². The van der Waals surface area contributed by atoms with Crippen LogP contribution in [0.2, 0.25) is 0 Å². The Balaban J connectivity index is 1.82. The molecule has 1 heterocycles. The number of ether oxygens (including phenoxy) is 1. The number of methoxy groups -OCH3 is 1. The van der Waals surface area contributed by atoms with Gasteiger partial charge >= 0.3 is 0 Å². The van der Waals surface area contributed by atoms with E-state index in [1.807, 2.05) is 0 Å². The van der Waals surface area contributed by atoms with Crippen LogP contribution in [0.25, 0.3) is 0 Å². The van der Waals surface area contributed by atoms with Crippen molar-refractivity contribution in [1.82, 2.24) is 9.36 Å². The van der Waals surface area contributed by atoms with E-state index in [0.29, 0.717) is 12.5 Å². The summed E-state index contributed by atoms with van der Waals surface area (Å²) in [5.41, 5.74) is 0. The lowest BCUT2D eigenvalue weighted by Gasteiger charge is -2.29. The van der Waals surface area contributed by atoms with Crippen molar-refractivity contribution in [3.8, 4) is 0 Å². The van der Waals surface area contributed by atoms with Gasteiger partial charge in [-0.25, -0.2) is 4.98 Å². The molecular weight excluding hydrogens is 258 g/mol. The molecule has 0 atom stereocenters. The molecule has 1 aromatic rings. The molecule has 1 N–H and O–H groups in total. The number of rotatable bonds is 6. The molecule has 0 radical (unpaired) electrons. The summed E-state index contributed by atoms with van der Waals surface area (Å²) in [4.78, 5) is 4.62. The fourth-order valence-electron chi connectivity index (χ4n) is 2.78. The van der Waals surface area contributed by atoms with Gasteiger partial charge in [0.15, 0.2) is 0 Å². The van der Waals surface area contributed by atoms with E-state index in [1.54, 1.807) is 7.11 Å². The number of hydrogen-bond donors (Lipinski definition) is 1. The molecule has 5 heteroatoms. The highest BCUT2D eigenvalue weighted by molar-refractivity contribution is 7.09. The number of nitrogens with one attached hydrogen (secondary N) is 1. The highest BCUT2D eigenvalue weighted by atomic mass is 32.1. The summed E-state index contributed by atoms with van der Waals surface area (Å²) in [7, 11) is 1.71. The summed E-state index contributed by atoms with van der Waals surface area (Å²) < 4.78 is 9.53. The molecule has 1 aliphatic rings. The van der Waals surface area contributed by atoms with E-state index in [2.05, 4.69) is 28.5 Å². The van der Waals surface area contributed by atoms with Gasteiger partial charge < -0.3 is 10.1 Å². The predicted molar refractivity (Wildman–Crippen MR) is 79.8 cm³/mol. The lowest BCUT2D eigenvalue weighted by atomic mass is 9.77. The minimum atomic E-state index is 0.573. The number of anilines is 1. The molecule has 0 saturated heterocycles. The first-order valence-electron chi connectivity index (χ1n) is 7.27. The Bertz CT molecular complexity index is 373. The fraction of sp³-hybridized carbons (Fsp3) is 0.857. The molecular formula is C14H25N3OS. The SMILES string of the molecule is COCCNc1nc(C2CCC(C(C)C)CC2)ns1. The van der Waals surface area contributed by atoms with E-state index in [1.165, 1.54) is 37.2 Å². The summed E-state index contributed by atoms with van der Waals surface area (Å²) in [6.07, 6.45) is 5.15. The van der Waals surface area contributed by atoms with Crippen molar-refractivity contribution in [2.24, 2.45) is 11.8 Å². The quantitative estimate of drug-likeness (QED) is 0.811. The van der Waals surface area contributed by atoms with E-state index in [-0.39, 0.29) is 0 Å². The smallest absolute Gasteiger partial charge is 0.202 e. The third kappa shape index (κ3) is 4.14. The minimum absolute atomic E-state index is 0.573. The van der Waals surface area contributed by atoms with Gasteiger partial charge in [0.2, 0.25) is 5.13 Å². The van der Waals surface area contributed by atoms with Gasteiger partial charge in [-0.2, -0.15) is 4.37 Å². The molecule has 1 aromatic heterocycles. The Labute approximate surface area is 120 Å². The van der Waals surface area contributed by atoms with Crippen molar-refractivity contribution in [1.29, 1.82) is 0 Å². The molecule has 0 amide bonds. The van der Waals surface area contributed by atoms with Crippen LogP contribution in [-0.4, -0.2) is 29.6 Å². The lowest BCUT2D eigenvalue weighted by molar-refractivity contribution is 0.211. The average Bonchev–Trinajstić information content (AvgIpc) is 2.88. The highest BCUT2D eigenvalue weighted by Gasteiger charge is 2.26. The van der Waals surface area contributed by atoms with Crippen molar-refractivity contribution in [2.75, 3.05) is 25.6 Å². The largest absolute Gasteiger partial charge is 0.383 e. The van der Waals surface area contributed by atoms with Gasteiger partial charge in [0.1, 0.15) is 5.82 Å². The zero-order valence-corrected chi connectivity index (χ0v) is 13.0. The molecule has 1 fully saturated rings. The van der Waals surface area contributed by atoms with Crippen molar-refractivity contribution in [3.63, 3.8) is 0 Å². The molecule has 0 aliphatic heterocycles. The second-order valence-corrected chi connectivity index (χ2v) is 6.48. The van der Waals surface area contributed by atoms with Crippen LogP contribution < -0.4 is 5.32 Å². The Morgan fingerprint density at radius 1 is 1.32 bits per heavy atom. The van der Waals surface area contributed by atoms with Gasteiger partial charge in [0.05, 0.1) is 6.61 Å². The lowest BCUT2D eigenvalue weighted by Crippen LogP contribution is -2.18. The van der Waals surface area contributed by atoms with Crippen LogP contribution in [0.4, 0.5) is 5.13 Å². The van der Waals surface area contributed by atoms with Crippen LogP contribution in [-0.2, 0) is 4.74 Å². The molecule has 1 aliphatic carbocycles. The van der Waals surface area contributed by atoms with Gasteiger partial charge in [-0.15, -0.1) is 0 Å². The van der Waals surface area contributed by atoms with Crippen molar-refractivity contribution < 1.29 is 4.74 Å². The summed E-state index contributed by atoms with van der Waals surface area (Å²) in [6.45, 7) is 6.17. The Morgan fingerprint density at radius 3 is 2.68 bits per heavy atom. The van der Waals surface area contributed by atoms with Crippen LogP contribution in [0.1, 0.15) is 51.3 Å². The van der Waals surface area contributed by atoms with Crippen molar-refractivity contribution >= 4 is 16.7 Å². The molecule has 0 spiro atoms. The third-order valence-corrected chi connectivity index (χ3v) is 4.79.